The third-order valence-electron chi connectivity index (χ3n) is 4.54. The predicted octanol–water partition coefficient (Wildman–Crippen LogP) is 3.86. The summed E-state index contributed by atoms with van der Waals surface area (Å²) >= 11 is 0. The number of carbonyl (C=O) groups excluding carboxylic acids is 1. The minimum absolute atomic E-state index is 0.188. The summed E-state index contributed by atoms with van der Waals surface area (Å²) in [6.07, 6.45) is -0.412. The summed E-state index contributed by atoms with van der Waals surface area (Å²) < 4.78 is 33.1. The number of sulfonamides is 1. The highest BCUT2D eigenvalue weighted by atomic mass is 32.2. The molecule has 0 aromatic heterocycles. The van der Waals surface area contributed by atoms with Gasteiger partial charge < -0.3 is 4.74 Å². The van der Waals surface area contributed by atoms with E-state index >= 15 is 0 Å². The van der Waals surface area contributed by atoms with Gasteiger partial charge in [0.25, 0.3) is 10.0 Å². The van der Waals surface area contributed by atoms with Gasteiger partial charge in [0.1, 0.15) is 6.61 Å². The number of hydrogen-bond acceptors (Lipinski definition) is 4. The van der Waals surface area contributed by atoms with Crippen molar-refractivity contribution in [3.05, 3.63) is 53.6 Å². The zero-order valence-electron chi connectivity index (χ0n) is 16.0. The quantitative estimate of drug-likeness (QED) is 0.780. The molecule has 2 aromatic rings. The lowest BCUT2D eigenvalue weighted by Gasteiger charge is -2.30. The van der Waals surface area contributed by atoms with Gasteiger partial charge >= 0.3 is 6.09 Å². The summed E-state index contributed by atoms with van der Waals surface area (Å²) in [6, 6.07) is 11.9. The van der Waals surface area contributed by atoms with Gasteiger partial charge in [0.05, 0.1) is 17.1 Å². The molecule has 0 unspecified atom stereocenters. The summed E-state index contributed by atoms with van der Waals surface area (Å²) in [6.45, 7) is 8.36. The van der Waals surface area contributed by atoms with Crippen molar-refractivity contribution in [3.63, 3.8) is 0 Å². The number of amides is 1. The van der Waals surface area contributed by atoms with E-state index in [-0.39, 0.29) is 10.9 Å². The Kier molecular flexibility index (Phi) is 5.15. The zero-order valence-corrected chi connectivity index (χ0v) is 16.8. The third kappa shape index (κ3) is 3.64. The number of carbonyl (C=O) groups is 1. The molecule has 2 aromatic carbocycles. The second-order valence-corrected chi connectivity index (χ2v) is 8.76. The minimum atomic E-state index is -3.75. The van der Waals surface area contributed by atoms with Gasteiger partial charge in [0.15, 0.2) is 0 Å². The monoisotopic (exact) mass is 388 g/mol. The maximum absolute atomic E-state index is 13.4. The van der Waals surface area contributed by atoms with Crippen LogP contribution in [0.2, 0.25) is 0 Å². The Labute approximate surface area is 160 Å². The Morgan fingerprint density at radius 2 is 1.74 bits per heavy atom. The second-order valence-electron chi connectivity index (χ2n) is 6.94. The molecule has 0 atom stereocenters. The van der Waals surface area contributed by atoms with Crippen LogP contribution in [0, 0.1) is 13.8 Å². The first-order valence-electron chi connectivity index (χ1n) is 8.88. The van der Waals surface area contributed by atoms with E-state index in [2.05, 4.69) is 0 Å². The summed E-state index contributed by atoms with van der Waals surface area (Å²) in [7, 11) is -3.75. The number of rotatable bonds is 5. The van der Waals surface area contributed by atoms with Gasteiger partial charge in [-0.3, -0.25) is 9.21 Å². The van der Waals surface area contributed by atoms with Crippen LogP contribution >= 0.6 is 0 Å². The SMILES string of the molecule is Cc1ccc(C)c(N(C(C)C)S(=O)(=O)c2ccc(N3CCOC3=O)cc2)c1. The molecule has 7 heteroatoms. The van der Waals surface area contributed by atoms with E-state index in [4.69, 9.17) is 4.74 Å². The second kappa shape index (κ2) is 7.23. The average Bonchev–Trinajstić information content (AvgIpc) is 3.04. The fourth-order valence-electron chi connectivity index (χ4n) is 3.18. The third-order valence-corrected chi connectivity index (χ3v) is 6.54. The van der Waals surface area contributed by atoms with Crippen LogP contribution in [0.3, 0.4) is 0 Å². The molecule has 3 rings (SSSR count). The molecule has 0 spiro atoms. The smallest absolute Gasteiger partial charge is 0.414 e. The molecule has 0 N–H and O–H groups in total. The number of nitrogens with zero attached hydrogens (tertiary/aromatic N) is 2. The van der Waals surface area contributed by atoms with Crippen LogP contribution in [0.5, 0.6) is 0 Å². The van der Waals surface area contributed by atoms with Crippen molar-refractivity contribution in [2.24, 2.45) is 0 Å². The first-order chi connectivity index (χ1) is 12.7. The fourth-order valence-corrected chi connectivity index (χ4v) is 4.90. The van der Waals surface area contributed by atoms with E-state index in [0.717, 1.165) is 11.1 Å². The molecule has 1 heterocycles. The van der Waals surface area contributed by atoms with Crippen molar-refractivity contribution in [2.45, 2.75) is 38.6 Å². The Hall–Kier alpha value is -2.54. The highest BCUT2D eigenvalue weighted by molar-refractivity contribution is 7.92. The fraction of sp³-hybridized carbons (Fsp3) is 0.350. The van der Waals surface area contributed by atoms with Gasteiger partial charge in [0.2, 0.25) is 0 Å². The number of anilines is 2. The minimum Gasteiger partial charge on any atom is -0.447 e. The maximum Gasteiger partial charge on any atom is 0.414 e. The molecule has 0 aliphatic carbocycles. The van der Waals surface area contributed by atoms with Crippen LogP contribution < -0.4 is 9.21 Å². The van der Waals surface area contributed by atoms with E-state index < -0.39 is 16.1 Å². The summed E-state index contributed by atoms with van der Waals surface area (Å²) in [5.74, 6) is 0. The van der Waals surface area contributed by atoms with E-state index in [1.54, 1.807) is 12.1 Å². The van der Waals surface area contributed by atoms with Crippen LogP contribution in [-0.2, 0) is 14.8 Å². The van der Waals surface area contributed by atoms with E-state index in [9.17, 15) is 13.2 Å². The Bertz CT molecular complexity index is 952. The lowest BCUT2D eigenvalue weighted by molar-refractivity contribution is 0.181. The zero-order chi connectivity index (χ0) is 19.8. The van der Waals surface area contributed by atoms with Gasteiger partial charge in [-0.1, -0.05) is 12.1 Å². The summed E-state index contributed by atoms with van der Waals surface area (Å²) in [5, 5.41) is 0. The largest absolute Gasteiger partial charge is 0.447 e. The maximum atomic E-state index is 13.4. The van der Waals surface area contributed by atoms with Crippen molar-refractivity contribution >= 4 is 27.5 Å². The van der Waals surface area contributed by atoms with Crippen LogP contribution in [-0.4, -0.2) is 33.7 Å². The molecule has 1 aliphatic rings. The average molecular weight is 388 g/mol. The number of benzene rings is 2. The number of hydrogen-bond donors (Lipinski definition) is 0. The van der Waals surface area contributed by atoms with Crippen molar-refractivity contribution < 1.29 is 17.9 Å². The molecule has 1 saturated heterocycles. The topological polar surface area (TPSA) is 66.9 Å². The molecule has 144 valence electrons. The number of aryl methyl sites for hydroxylation is 2. The van der Waals surface area contributed by atoms with Crippen molar-refractivity contribution in [1.82, 2.24) is 0 Å². The predicted molar refractivity (Wildman–Crippen MR) is 106 cm³/mol. The molecule has 0 radical (unpaired) electrons. The highest BCUT2D eigenvalue weighted by Crippen LogP contribution is 2.31. The normalized spacial score (nSPS) is 14.6. The molecule has 1 aliphatic heterocycles. The molecule has 6 nitrogen and oxygen atoms in total. The molecular formula is C20H24N2O4S. The van der Waals surface area contributed by atoms with Crippen LogP contribution in [0.4, 0.5) is 16.2 Å². The lowest BCUT2D eigenvalue weighted by atomic mass is 10.1. The first kappa shape index (κ1) is 19.2. The molecule has 27 heavy (non-hydrogen) atoms. The lowest BCUT2D eigenvalue weighted by Crippen LogP contribution is -2.37. The van der Waals surface area contributed by atoms with Gasteiger partial charge in [-0.15, -0.1) is 0 Å². The van der Waals surface area contributed by atoms with Gasteiger partial charge in [-0.2, -0.15) is 0 Å². The Balaban J connectivity index is 2.00. The Morgan fingerprint density at radius 3 is 2.30 bits per heavy atom. The summed E-state index contributed by atoms with van der Waals surface area (Å²) in [4.78, 5) is 13.4. The number of cyclic esters (lactones) is 1. The van der Waals surface area contributed by atoms with Crippen LogP contribution in [0.15, 0.2) is 47.4 Å². The molecule has 0 bridgehead atoms. The van der Waals surface area contributed by atoms with Crippen molar-refractivity contribution in [3.8, 4) is 0 Å². The van der Waals surface area contributed by atoms with Gasteiger partial charge in [-0.25, -0.2) is 13.2 Å². The molecule has 1 amide bonds. The summed E-state index contributed by atoms with van der Waals surface area (Å²) in [5.41, 5.74) is 3.20. The van der Waals surface area contributed by atoms with Gasteiger partial charge in [0, 0.05) is 11.7 Å². The van der Waals surface area contributed by atoms with E-state index in [0.29, 0.717) is 24.5 Å². The standard InChI is InChI=1S/C20H24N2O4S/c1-14(2)22(19-13-15(3)5-6-16(19)4)27(24,25)18-9-7-17(8-10-18)21-11-12-26-20(21)23/h5-10,13-14H,11-12H2,1-4H3. The Morgan fingerprint density at radius 1 is 1.07 bits per heavy atom. The van der Waals surface area contributed by atoms with E-state index in [1.807, 2.05) is 45.9 Å². The number of ether oxygens (including phenoxy) is 1. The highest BCUT2D eigenvalue weighted by Gasteiger charge is 2.29. The van der Waals surface area contributed by atoms with Crippen LogP contribution in [0.1, 0.15) is 25.0 Å². The molecule has 0 saturated carbocycles. The van der Waals surface area contributed by atoms with E-state index in [1.165, 1.54) is 21.3 Å². The van der Waals surface area contributed by atoms with Crippen molar-refractivity contribution in [2.75, 3.05) is 22.4 Å². The first-order valence-corrected chi connectivity index (χ1v) is 10.3. The van der Waals surface area contributed by atoms with Crippen LogP contribution in [0.25, 0.3) is 0 Å². The van der Waals surface area contributed by atoms with Crippen molar-refractivity contribution in [1.29, 1.82) is 0 Å². The van der Waals surface area contributed by atoms with Gasteiger partial charge in [-0.05, 0) is 69.2 Å². The molecule has 1 fully saturated rings. The molecular weight excluding hydrogens is 364 g/mol.